The van der Waals surface area contributed by atoms with Crippen molar-refractivity contribution in [1.82, 2.24) is 35.4 Å². The number of carbonyl (C=O) groups is 2. The van der Waals surface area contributed by atoms with Gasteiger partial charge in [-0.25, -0.2) is 14.5 Å². The SMILES string of the molecule is CCCC(=O)NNC(=O)c1cc(-c2cnc(N(C)C)nc2)cc2nc(N)nn12. The number of amides is 2. The molecule has 3 heterocycles. The van der Waals surface area contributed by atoms with Gasteiger partial charge in [-0.15, -0.1) is 5.10 Å². The molecule has 28 heavy (non-hydrogen) atoms. The third-order valence-electron chi connectivity index (χ3n) is 3.85. The Balaban J connectivity index is 1.97. The molecule has 0 unspecified atom stereocenters. The van der Waals surface area contributed by atoms with Crippen LogP contribution in [0.1, 0.15) is 30.3 Å². The molecule has 0 saturated heterocycles. The molecule has 0 aliphatic carbocycles. The number of nitrogen functional groups attached to an aromatic ring is 1. The van der Waals surface area contributed by atoms with Crippen LogP contribution in [0, 0.1) is 0 Å². The van der Waals surface area contributed by atoms with Crippen LogP contribution in [0.15, 0.2) is 24.5 Å². The van der Waals surface area contributed by atoms with Gasteiger partial charge in [0, 0.05) is 38.5 Å². The number of fused-ring (bicyclic) bond motifs is 1. The molecule has 11 heteroatoms. The third-order valence-corrected chi connectivity index (χ3v) is 3.85. The van der Waals surface area contributed by atoms with E-state index in [1.165, 1.54) is 4.52 Å². The van der Waals surface area contributed by atoms with Gasteiger partial charge in [-0.2, -0.15) is 4.98 Å². The van der Waals surface area contributed by atoms with Gasteiger partial charge in [0.15, 0.2) is 5.65 Å². The lowest BCUT2D eigenvalue weighted by molar-refractivity contribution is -0.121. The summed E-state index contributed by atoms with van der Waals surface area (Å²) in [4.78, 5) is 38.7. The first kappa shape index (κ1) is 19.0. The normalized spacial score (nSPS) is 10.7. The van der Waals surface area contributed by atoms with Crippen molar-refractivity contribution in [3.63, 3.8) is 0 Å². The number of hydrazine groups is 1. The average molecular weight is 383 g/mol. The number of rotatable bonds is 5. The molecule has 0 bridgehead atoms. The fourth-order valence-corrected chi connectivity index (χ4v) is 2.51. The molecule has 0 saturated carbocycles. The van der Waals surface area contributed by atoms with E-state index in [-0.39, 0.29) is 17.5 Å². The molecule has 0 spiro atoms. The van der Waals surface area contributed by atoms with E-state index in [9.17, 15) is 9.59 Å². The highest BCUT2D eigenvalue weighted by Crippen LogP contribution is 2.22. The van der Waals surface area contributed by atoms with Crippen LogP contribution < -0.4 is 21.5 Å². The van der Waals surface area contributed by atoms with E-state index in [1.54, 1.807) is 29.4 Å². The van der Waals surface area contributed by atoms with Crippen LogP contribution in [0.25, 0.3) is 16.8 Å². The first-order chi connectivity index (χ1) is 13.4. The van der Waals surface area contributed by atoms with Gasteiger partial charge >= 0.3 is 0 Å². The highest BCUT2D eigenvalue weighted by atomic mass is 16.2. The number of anilines is 2. The van der Waals surface area contributed by atoms with Crippen molar-refractivity contribution in [2.24, 2.45) is 0 Å². The van der Waals surface area contributed by atoms with E-state index in [4.69, 9.17) is 5.73 Å². The highest BCUT2D eigenvalue weighted by molar-refractivity contribution is 5.95. The van der Waals surface area contributed by atoms with Gasteiger partial charge in [0.05, 0.1) is 0 Å². The van der Waals surface area contributed by atoms with E-state index in [0.29, 0.717) is 35.6 Å². The number of aromatic nitrogens is 5. The Kier molecular flexibility index (Phi) is 5.34. The molecule has 0 aromatic carbocycles. The molecular formula is C17H21N9O2. The summed E-state index contributed by atoms with van der Waals surface area (Å²) in [5.41, 5.74) is 12.3. The van der Waals surface area contributed by atoms with Gasteiger partial charge in [-0.3, -0.25) is 20.4 Å². The predicted octanol–water partition coefficient (Wildman–Crippen LogP) is 0.396. The van der Waals surface area contributed by atoms with Crippen LogP contribution in [0.5, 0.6) is 0 Å². The summed E-state index contributed by atoms with van der Waals surface area (Å²) in [7, 11) is 3.69. The van der Waals surface area contributed by atoms with Gasteiger partial charge < -0.3 is 10.6 Å². The van der Waals surface area contributed by atoms with Crippen molar-refractivity contribution in [1.29, 1.82) is 0 Å². The van der Waals surface area contributed by atoms with Crippen molar-refractivity contribution < 1.29 is 9.59 Å². The summed E-state index contributed by atoms with van der Waals surface area (Å²) in [5, 5.41) is 4.04. The number of nitrogens with one attached hydrogen (secondary N) is 2. The lowest BCUT2D eigenvalue weighted by Crippen LogP contribution is -2.42. The third kappa shape index (κ3) is 3.98. The smallest absolute Gasteiger partial charge is 0.288 e. The molecule has 3 aromatic rings. The molecule has 0 aliphatic heterocycles. The molecule has 3 rings (SSSR count). The predicted molar refractivity (Wildman–Crippen MR) is 103 cm³/mol. The van der Waals surface area contributed by atoms with Gasteiger partial charge in [0.25, 0.3) is 5.91 Å². The lowest BCUT2D eigenvalue weighted by Gasteiger charge is -2.11. The minimum Gasteiger partial charge on any atom is -0.366 e. The Labute approximate surface area is 161 Å². The van der Waals surface area contributed by atoms with Gasteiger partial charge in [-0.05, 0) is 24.1 Å². The summed E-state index contributed by atoms with van der Waals surface area (Å²) in [6, 6.07) is 3.33. The molecule has 3 aromatic heterocycles. The molecule has 11 nitrogen and oxygen atoms in total. The van der Waals surface area contributed by atoms with Crippen molar-refractivity contribution in [2.75, 3.05) is 24.7 Å². The number of hydrogen-bond acceptors (Lipinski definition) is 8. The Hall–Kier alpha value is -3.76. The maximum absolute atomic E-state index is 12.6. The first-order valence-electron chi connectivity index (χ1n) is 8.64. The number of hydrogen-bond donors (Lipinski definition) is 3. The van der Waals surface area contributed by atoms with E-state index in [1.807, 2.05) is 21.0 Å². The Morgan fingerprint density at radius 3 is 2.50 bits per heavy atom. The Bertz CT molecular complexity index is 1010. The minimum absolute atomic E-state index is 0.0282. The zero-order valence-electron chi connectivity index (χ0n) is 15.8. The zero-order valence-corrected chi connectivity index (χ0v) is 15.8. The molecule has 0 atom stereocenters. The van der Waals surface area contributed by atoms with Crippen molar-refractivity contribution in [3.8, 4) is 11.1 Å². The minimum atomic E-state index is -0.549. The summed E-state index contributed by atoms with van der Waals surface area (Å²) >= 11 is 0. The second kappa shape index (κ2) is 7.86. The van der Waals surface area contributed by atoms with Crippen molar-refractivity contribution >= 4 is 29.4 Å². The maximum atomic E-state index is 12.6. The van der Waals surface area contributed by atoms with E-state index < -0.39 is 5.91 Å². The van der Waals surface area contributed by atoms with Crippen LogP contribution >= 0.6 is 0 Å². The zero-order chi connectivity index (χ0) is 20.3. The fourth-order valence-electron chi connectivity index (χ4n) is 2.51. The lowest BCUT2D eigenvalue weighted by atomic mass is 10.1. The number of nitrogens with two attached hydrogens (primary N) is 1. The second-order valence-electron chi connectivity index (χ2n) is 6.29. The topological polar surface area (TPSA) is 143 Å². The molecule has 4 N–H and O–H groups in total. The highest BCUT2D eigenvalue weighted by Gasteiger charge is 2.17. The Morgan fingerprint density at radius 2 is 1.86 bits per heavy atom. The fraction of sp³-hybridized carbons (Fsp3) is 0.294. The van der Waals surface area contributed by atoms with E-state index in [2.05, 4.69) is 30.9 Å². The monoisotopic (exact) mass is 383 g/mol. The van der Waals surface area contributed by atoms with E-state index in [0.717, 1.165) is 0 Å². The van der Waals surface area contributed by atoms with Gasteiger partial charge in [0.1, 0.15) is 5.69 Å². The summed E-state index contributed by atoms with van der Waals surface area (Å²) < 4.78 is 1.31. The first-order valence-corrected chi connectivity index (χ1v) is 8.64. The van der Waals surface area contributed by atoms with Gasteiger partial charge in [-0.1, -0.05) is 6.92 Å². The molecule has 146 valence electrons. The number of carbonyl (C=O) groups excluding carboxylic acids is 2. The van der Waals surface area contributed by atoms with E-state index >= 15 is 0 Å². The molecule has 2 amide bonds. The molecular weight excluding hydrogens is 362 g/mol. The summed E-state index contributed by atoms with van der Waals surface area (Å²) in [6.07, 6.45) is 4.28. The second-order valence-corrected chi connectivity index (χ2v) is 6.29. The summed E-state index contributed by atoms with van der Waals surface area (Å²) in [5.74, 6) is -0.241. The quantitative estimate of drug-likeness (QED) is 0.537. The molecule has 0 fully saturated rings. The molecule has 0 aliphatic rings. The van der Waals surface area contributed by atoms with Gasteiger partial charge in [0.2, 0.25) is 17.8 Å². The summed E-state index contributed by atoms with van der Waals surface area (Å²) in [6.45, 7) is 1.87. The maximum Gasteiger partial charge on any atom is 0.288 e. The average Bonchev–Trinajstić information content (AvgIpc) is 3.05. The number of nitrogens with zero attached hydrogens (tertiary/aromatic N) is 6. The van der Waals surface area contributed by atoms with Crippen LogP contribution in [0.2, 0.25) is 0 Å². The van der Waals surface area contributed by atoms with Crippen LogP contribution in [-0.4, -0.2) is 50.5 Å². The standard InChI is InChI=1S/C17H21N9O2/c1-4-5-14(27)22-23-15(28)12-6-10(7-13-21-16(18)24-26(12)13)11-8-19-17(20-9-11)25(2)3/h6-9H,4-5H2,1-3H3,(H2,18,24)(H,22,27)(H,23,28). The van der Waals surface area contributed by atoms with Crippen LogP contribution in [0.3, 0.4) is 0 Å². The Morgan fingerprint density at radius 1 is 1.14 bits per heavy atom. The largest absolute Gasteiger partial charge is 0.366 e. The number of pyridine rings is 1. The van der Waals surface area contributed by atoms with Crippen LogP contribution in [-0.2, 0) is 4.79 Å². The molecule has 0 radical (unpaired) electrons. The van der Waals surface area contributed by atoms with Crippen molar-refractivity contribution in [2.45, 2.75) is 19.8 Å². The van der Waals surface area contributed by atoms with Crippen molar-refractivity contribution in [3.05, 3.63) is 30.2 Å². The van der Waals surface area contributed by atoms with Crippen LogP contribution in [0.4, 0.5) is 11.9 Å².